The van der Waals surface area contributed by atoms with Crippen molar-refractivity contribution < 1.29 is 22.6 Å². The van der Waals surface area contributed by atoms with Crippen LogP contribution in [0.3, 0.4) is 0 Å². The van der Waals surface area contributed by atoms with E-state index in [-0.39, 0.29) is 28.6 Å². The Morgan fingerprint density at radius 3 is 2.55 bits per heavy atom. The Bertz CT molecular complexity index is 1330. The van der Waals surface area contributed by atoms with Crippen LogP contribution in [0.15, 0.2) is 58.3 Å². The number of alkyl halides is 3. The van der Waals surface area contributed by atoms with Crippen molar-refractivity contribution in [2.24, 2.45) is 5.10 Å². The van der Waals surface area contributed by atoms with Crippen molar-refractivity contribution >= 4 is 17.9 Å². The molecule has 33 heavy (non-hydrogen) atoms. The van der Waals surface area contributed by atoms with Crippen molar-refractivity contribution in [1.82, 2.24) is 30.7 Å². The van der Waals surface area contributed by atoms with E-state index in [4.69, 9.17) is 5.73 Å². The third-order valence-corrected chi connectivity index (χ3v) is 4.54. The molecular formula is C20H15F3N8O2. The number of nitrogens with two attached hydrogens (primary N) is 1. The van der Waals surface area contributed by atoms with Gasteiger partial charge in [0.25, 0.3) is 5.91 Å². The third kappa shape index (κ3) is 4.42. The molecule has 13 heteroatoms. The lowest BCUT2D eigenvalue weighted by atomic mass is 10.1. The van der Waals surface area contributed by atoms with Gasteiger partial charge in [-0.25, -0.2) is 10.1 Å². The Morgan fingerprint density at radius 1 is 1.15 bits per heavy atom. The molecule has 2 heterocycles. The molecule has 0 fully saturated rings. The Morgan fingerprint density at radius 2 is 1.88 bits per heavy atom. The van der Waals surface area contributed by atoms with E-state index in [1.165, 1.54) is 22.9 Å². The maximum Gasteiger partial charge on any atom is 0.417 e. The largest absolute Gasteiger partial charge is 0.417 e. The maximum absolute atomic E-state index is 13.1. The summed E-state index contributed by atoms with van der Waals surface area (Å²) in [6.07, 6.45) is -3.67. The Labute approximate surface area is 183 Å². The number of halogens is 3. The molecule has 0 aliphatic heterocycles. The number of nitrogen functional groups attached to an aromatic ring is 1. The Balaban J connectivity index is 1.68. The monoisotopic (exact) mass is 456 g/mol. The van der Waals surface area contributed by atoms with Gasteiger partial charge in [-0.05, 0) is 23.3 Å². The van der Waals surface area contributed by atoms with E-state index >= 15 is 0 Å². The first kappa shape index (κ1) is 21.7. The molecule has 10 nitrogen and oxygen atoms in total. The Hall–Kier alpha value is -4.55. The van der Waals surface area contributed by atoms with Crippen LogP contribution in [0.25, 0.3) is 17.1 Å². The average Bonchev–Trinajstić information content (AvgIpc) is 3.40. The van der Waals surface area contributed by atoms with Crippen LogP contribution in [0.1, 0.15) is 27.2 Å². The van der Waals surface area contributed by atoms with E-state index < -0.39 is 17.6 Å². The van der Waals surface area contributed by atoms with Crippen molar-refractivity contribution in [3.63, 3.8) is 0 Å². The van der Waals surface area contributed by atoms with Gasteiger partial charge in [-0.15, -0.1) is 5.10 Å². The van der Waals surface area contributed by atoms with Crippen molar-refractivity contribution in [2.45, 2.75) is 13.1 Å². The summed E-state index contributed by atoms with van der Waals surface area (Å²) in [5.41, 5.74) is 8.39. The number of carbonyl (C=O) groups excluding carboxylic acids is 1. The van der Waals surface area contributed by atoms with Crippen LogP contribution in [-0.2, 0) is 6.18 Å². The standard InChI is InChI=1S/C20H15F3N8O2/c1-11-6-8-12(9-7-11)16-15(26-30-31(16)18-17(24)28-33-29-18)19(32)27-25-10-13-4-2-3-5-14(13)20(21,22)23/h2-10H,1H3,(H2,24,28)(H,27,32)/b25-10-. The number of hydrogen-bond donors (Lipinski definition) is 2. The highest BCUT2D eigenvalue weighted by molar-refractivity contribution is 5.98. The van der Waals surface area contributed by atoms with Crippen LogP contribution in [0.4, 0.5) is 19.0 Å². The molecule has 0 spiro atoms. The van der Waals surface area contributed by atoms with E-state index in [2.05, 4.69) is 35.8 Å². The molecule has 0 saturated carbocycles. The van der Waals surface area contributed by atoms with Crippen LogP contribution in [0.2, 0.25) is 0 Å². The lowest BCUT2D eigenvalue weighted by Crippen LogP contribution is -2.20. The number of nitrogens with one attached hydrogen (secondary N) is 1. The number of aromatic nitrogens is 5. The summed E-state index contributed by atoms with van der Waals surface area (Å²) in [7, 11) is 0. The van der Waals surface area contributed by atoms with E-state index in [9.17, 15) is 18.0 Å². The number of hydrazone groups is 1. The number of benzene rings is 2. The second-order valence-corrected chi connectivity index (χ2v) is 6.82. The fourth-order valence-corrected chi connectivity index (χ4v) is 2.97. The van der Waals surface area contributed by atoms with Gasteiger partial charge in [-0.3, -0.25) is 4.79 Å². The van der Waals surface area contributed by atoms with Gasteiger partial charge < -0.3 is 5.73 Å². The van der Waals surface area contributed by atoms with Crippen LogP contribution in [0, 0.1) is 6.92 Å². The van der Waals surface area contributed by atoms with Gasteiger partial charge in [0.05, 0.1) is 11.8 Å². The topological polar surface area (TPSA) is 137 Å². The summed E-state index contributed by atoms with van der Waals surface area (Å²) in [6, 6.07) is 11.9. The molecule has 4 aromatic rings. The fraction of sp³-hybridized carbons (Fsp3) is 0.100. The molecule has 0 saturated heterocycles. The first-order valence-corrected chi connectivity index (χ1v) is 9.36. The predicted octanol–water partition coefficient (Wildman–Crippen LogP) is 2.99. The van der Waals surface area contributed by atoms with Crippen LogP contribution in [-0.4, -0.2) is 37.4 Å². The minimum absolute atomic E-state index is 0.0136. The summed E-state index contributed by atoms with van der Waals surface area (Å²) in [6.45, 7) is 1.89. The number of nitrogens with zero attached hydrogens (tertiary/aromatic N) is 6. The number of rotatable bonds is 5. The van der Waals surface area contributed by atoms with Crippen LogP contribution >= 0.6 is 0 Å². The molecule has 2 aromatic heterocycles. The predicted molar refractivity (Wildman–Crippen MR) is 110 cm³/mol. The number of amides is 1. The second kappa shape index (κ2) is 8.53. The zero-order chi connectivity index (χ0) is 23.6. The number of anilines is 1. The quantitative estimate of drug-likeness (QED) is 0.348. The Kier molecular flexibility index (Phi) is 5.60. The van der Waals surface area contributed by atoms with Crippen molar-refractivity contribution in [1.29, 1.82) is 0 Å². The zero-order valence-corrected chi connectivity index (χ0v) is 16.9. The fourth-order valence-electron chi connectivity index (χ4n) is 2.97. The SMILES string of the molecule is Cc1ccc(-c2c(C(=O)N/N=C\c3ccccc3C(F)(F)F)nnn2-c2nonc2N)cc1. The van der Waals surface area contributed by atoms with E-state index in [1.54, 1.807) is 12.1 Å². The molecule has 1 amide bonds. The van der Waals surface area contributed by atoms with Gasteiger partial charge in [0, 0.05) is 11.1 Å². The highest BCUT2D eigenvalue weighted by atomic mass is 19.4. The third-order valence-electron chi connectivity index (χ3n) is 4.54. The van der Waals surface area contributed by atoms with E-state index in [1.807, 2.05) is 19.1 Å². The molecule has 4 rings (SSSR count). The smallest absolute Gasteiger partial charge is 0.378 e. The maximum atomic E-state index is 13.1. The summed E-state index contributed by atoms with van der Waals surface area (Å²) in [5.74, 6) is -0.880. The summed E-state index contributed by atoms with van der Waals surface area (Å²) in [4.78, 5) is 12.8. The number of hydrogen-bond acceptors (Lipinski definition) is 8. The van der Waals surface area contributed by atoms with Gasteiger partial charge in [0.15, 0.2) is 5.69 Å². The molecule has 3 N–H and O–H groups in total. The lowest BCUT2D eigenvalue weighted by molar-refractivity contribution is -0.137. The average molecular weight is 456 g/mol. The number of carbonyl (C=O) groups is 1. The molecule has 168 valence electrons. The van der Waals surface area contributed by atoms with E-state index in [0.29, 0.717) is 5.56 Å². The normalized spacial score (nSPS) is 11.8. The molecule has 2 aromatic carbocycles. The second-order valence-electron chi connectivity index (χ2n) is 6.82. The van der Waals surface area contributed by atoms with Gasteiger partial charge in [0.2, 0.25) is 11.6 Å². The molecule has 0 aliphatic carbocycles. The number of aryl methyl sites for hydroxylation is 1. The van der Waals surface area contributed by atoms with Gasteiger partial charge in [-0.2, -0.15) is 23.0 Å². The lowest BCUT2D eigenvalue weighted by Gasteiger charge is -2.09. The minimum atomic E-state index is -4.57. The van der Waals surface area contributed by atoms with Crippen LogP contribution in [0.5, 0.6) is 0 Å². The van der Waals surface area contributed by atoms with Gasteiger partial charge in [-0.1, -0.05) is 53.2 Å². The zero-order valence-electron chi connectivity index (χ0n) is 16.9. The van der Waals surface area contributed by atoms with E-state index in [0.717, 1.165) is 17.8 Å². The van der Waals surface area contributed by atoms with Crippen LogP contribution < -0.4 is 11.2 Å². The molecule has 0 unspecified atom stereocenters. The summed E-state index contributed by atoms with van der Waals surface area (Å²) in [5, 5.41) is 18.6. The first-order chi connectivity index (χ1) is 15.8. The van der Waals surface area contributed by atoms with Crippen molar-refractivity contribution in [3.05, 3.63) is 70.9 Å². The summed E-state index contributed by atoms with van der Waals surface area (Å²) >= 11 is 0. The molecule has 0 atom stereocenters. The highest BCUT2D eigenvalue weighted by Crippen LogP contribution is 2.31. The molecule has 0 aliphatic rings. The summed E-state index contributed by atoms with van der Waals surface area (Å²) < 4.78 is 45.2. The first-order valence-electron chi connectivity index (χ1n) is 9.36. The van der Waals surface area contributed by atoms with Crippen molar-refractivity contribution in [2.75, 3.05) is 5.73 Å². The molecule has 0 bridgehead atoms. The van der Waals surface area contributed by atoms with Gasteiger partial charge in [0.1, 0.15) is 5.69 Å². The molecular weight excluding hydrogens is 441 g/mol. The highest BCUT2D eigenvalue weighted by Gasteiger charge is 2.32. The van der Waals surface area contributed by atoms with Gasteiger partial charge >= 0.3 is 6.18 Å². The van der Waals surface area contributed by atoms with Crippen molar-refractivity contribution in [3.8, 4) is 17.1 Å². The molecule has 0 radical (unpaired) electrons. The minimum Gasteiger partial charge on any atom is -0.378 e.